The number of aromatic nitrogens is 3. The van der Waals surface area contributed by atoms with E-state index in [0.29, 0.717) is 30.9 Å². The topological polar surface area (TPSA) is 64.6 Å². The van der Waals surface area contributed by atoms with Crippen LogP contribution in [0.4, 0.5) is 10.2 Å². The third-order valence-electron chi connectivity index (χ3n) is 3.94. The van der Waals surface area contributed by atoms with E-state index in [1.54, 1.807) is 18.4 Å². The number of nitrogens with zero attached hydrogens (tertiary/aromatic N) is 3. The normalized spacial score (nSPS) is 17.7. The minimum absolute atomic E-state index is 0.0414. The van der Waals surface area contributed by atoms with Crippen molar-refractivity contribution >= 4 is 34.5 Å². The third-order valence-corrected chi connectivity index (χ3v) is 4.46. The Hall–Kier alpha value is -1.83. The number of ether oxygens (including phenoxy) is 1. The maximum Gasteiger partial charge on any atom is 0.243 e. The quantitative estimate of drug-likeness (QED) is 0.744. The standard InChI is InChI=1S/C15H13Cl2FN4O2/c16-13-10(9-4-2-6-24-9)11(18)12-14(20-15(17)21-22(12)13)19-7-8-3-1-5-23-8/h1,3,5,9H,2,4,6-7H2,(H,19,20,21). The van der Waals surface area contributed by atoms with Crippen molar-refractivity contribution in [2.45, 2.75) is 25.5 Å². The lowest BCUT2D eigenvalue weighted by molar-refractivity contribution is 0.109. The number of hydrogen-bond donors (Lipinski definition) is 1. The number of fused-ring (bicyclic) bond motifs is 1. The molecule has 9 heteroatoms. The van der Waals surface area contributed by atoms with Crippen LogP contribution in [0.15, 0.2) is 22.8 Å². The van der Waals surface area contributed by atoms with Crippen LogP contribution in [0.2, 0.25) is 10.4 Å². The van der Waals surface area contributed by atoms with Crippen LogP contribution >= 0.6 is 23.2 Å². The van der Waals surface area contributed by atoms with Crippen molar-refractivity contribution in [2.24, 2.45) is 0 Å². The molecule has 126 valence electrons. The first-order valence-electron chi connectivity index (χ1n) is 7.46. The van der Waals surface area contributed by atoms with E-state index in [1.165, 1.54) is 4.52 Å². The van der Waals surface area contributed by atoms with Gasteiger partial charge in [-0.1, -0.05) is 11.6 Å². The minimum atomic E-state index is -0.495. The first kappa shape index (κ1) is 15.7. The molecule has 3 aromatic rings. The molecule has 0 amide bonds. The Morgan fingerprint density at radius 1 is 1.42 bits per heavy atom. The molecule has 1 aliphatic rings. The van der Waals surface area contributed by atoms with Crippen molar-refractivity contribution < 1.29 is 13.5 Å². The lowest BCUT2D eigenvalue weighted by Crippen LogP contribution is -2.06. The first-order chi connectivity index (χ1) is 11.6. The molecule has 6 nitrogen and oxygen atoms in total. The molecule has 0 spiro atoms. The summed E-state index contributed by atoms with van der Waals surface area (Å²) >= 11 is 12.3. The molecule has 1 atom stereocenters. The van der Waals surface area contributed by atoms with Gasteiger partial charge in [0.05, 0.1) is 24.5 Å². The average Bonchev–Trinajstić information content (AvgIpc) is 3.28. The molecule has 24 heavy (non-hydrogen) atoms. The Bertz CT molecular complexity index is 876. The molecule has 0 bridgehead atoms. The van der Waals surface area contributed by atoms with Crippen LogP contribution in [0.25, 0.3) is 5.52 Å². The first-order valence-corrected chi connectivity index (χ1v) is 8.21. The van der Waals surface area contributed by atoms with Gasteiger partial charge in [0, 0.05) is 6.61 Å². The Morgan fingerprint density at radius 3 is 3.00 bits per heavy atom. The Morgan fingerprint density at radius 2 is 2.29 bits per heavy atom. The van der Waals surface area contributed by atoms with E-state index in [2.05, 4.69) is 15.4 Å². The molecule has 1 fully saturated rings. The van der Waals surface area contributed by atoms with Gasteiger partial charge in [0.15, 0.2) is 11.6 Å². The molecule has 1 aliphatic heterocycles. The zero-order valence-electron chi connectivity index (χ0n) is 12.4. The highest BCUT2D eigenvalue weighted by Crippen LogP contribution is 2.39. The maximum absolute atomic E-state index is 15.0. The Labute approximate surface area is 146 Å². The van der Waals surface area contributed by atoms with E-state index in [1.807, 2.05) is 0 Å². The van der Waals surface area contributed by atoms with E-state index < -0.39 is 5.82 Å². The van der Waals surface area contributed by atoms with Crippen LogP contribution < -0.4 is 5.32 Å². The average molecular weight is 371 g/mol. The van der Waals surface area contributed by atoms with Crippen molar-refractivity contribution in [3.63, 3.8) is 0 Å². The summed E-state index contributed by atoms with van der Waals surface area (Å²) in [6.07, 6.45) is 2.76. The second kappa shape index (κ2) is 6.23. The fourth-order valence-electron chi connectivity index (χ4n) is 2.86. The van der Waals surface area contributed by atoms with Crippen molar-refractivity contribution in [3.8, 4) is 0 Å². The predicted molar refractivity (Wildman–Crippen MR) is 86.9 cm³/mol. The van der Waals surface area contributed by atoms with Gasteiger partial charge in [-0.25, -0.2) is 8.91 Å². The van der Waals surface area contributed by atoms with Gasteiger partial charge in [-0.3, -0.25) is 0 Å². The van der Waals surface area contributed by atoms with Gasteiger partial charge >= 0.3 is 0 Å². The Balaban J connectivity index is 1.79. The van der Waals surface area contributed by atoms with E-state index in [0.717, 1.165) is 6.42 Å². The summed E-state index contributed by atoms with van der Waals surface area (Å²) in [6, 6.07) is 3.57. The van der Waals surface area contributed by atoms with Crippen LogP contribution in [-0.2, 0) is 11.3 Å². The van der Waals surface area contributed by atoms with Gasteiger partial charge in [-0.05, 0) is 36.6 Å². The van der Waals surface area contributed by atoms with Gasteiger partial charge in [0.25, 0.3) is 0 Å². The van der Waals surface area contributed by atoms with Crippen molar-refractivity contribution in [2.75, 3.05) is 11.9 Å². The summed E-state index contributed by atoms with van der Waals surface area (Å²) in [5.41, 5.74) is 0.438. The molecule has 1 unspecified atom stereocenters. The number of anilines is 1. The van der Waals surface area contributed by atoms with Gasteiger partial charge in [0.2, 0.25) is 5.28 Å². The molecule has 1 saturated heterocycles. The zero-order valence-corrected chi connectivity index (χ0v) is 13.9. The van der Waals surface area contributed by atoms with Crippen LogP contribution in [0.1, 0.15) is 30.3 Å². The van der Waals surface area contributed by atoms with Gasteiger partial charge in [-0.2, -0.15) is 4.98 Å². The van der Waals surface area contributed by atoms with Gasteiger partial charge in [-0.15, -0.1) is 5.10 Å². The maximum atomic E-state index is 15.0. The summed E-state index contributed by atoms with van der Waals surface area (Å²) in [6.45, 7) is 0.913. The molecule has 0 aliphatic carbocycles. The number of furan rings is 1. The van der Waals surface area contributed by atoms with Crippen LogP contribution in [0, 0.1) is 5.82 Å². The van der Waals surface area contributed by atoms with Gasteiger partial charge < -0.3 is 14.5 Å². The number of rotatable bonds is 4. The molecule has 0 aromatic carbocycles. The SMILES string of the molecule is Fc1c(C2CCCO2)c(Cl)n2nc(Cl)nc(NCc3ccco3)c12. The predicted octanol–water partition coefficient (Wildman–Crippen LogP) is 4.23. The lowest BCUT2D eigenvalue weighted by Gasteiger charge is -2.07. The molecule has 3 aromatic heterocycles. The summed E-state index contributed by atoms with van der Waals surface area (Å²) in [7, 11) is 0. The molecule has 4 rings (SSSR count). The second-order valence-electron chi connectivity index (χ2n) is 5.44. The molecule has 1 N–H and O–H groups in total. The summed E-state index contributed by atoms with van der Waals surface area (Å²) in [5.74, 6) is 0.431. The highest BCUT2D eigenvalue weighted by atomic mass is 35.5. The summed E-state index contributed by atoms with van der Waals surface area (Å²) < 4.78 is 27.1. The largest absolute Gasteiger partial charge is 0.467 e. The lowest BCUT2D eigenvalue weighted by atomic mass is 10.1. The van der Waals surface area contributed by atoms with E-state index in [-0.39, 0.29) is 27.9 Å². The highest BCUT2D eigenvalue weighted by Gasteiger charge is 2.30. The molecular formula is C15H13Cl2FN4O2. The van der Waals surface area contributed by atoms with E-state index in [4.69, 9.17) is 32.4 Å². The van der Waals surface area contributed by atoms with Crippen molar-refractivity contribution in [3.05, 3.63) is 46.0 Å². The smallest absolute Gasteiger partial charge is 0.243 e. The molecule has 0 saturated carbocycles. The van der Waals surface area contributed by atoms with Crippen LogP contribution in [0.3, 0.4) is 0 Å². The summed E-state index contributed by atoms with van der Waals surface area (Å²) in [5, 5.41) is 7.14. The monoisotopic (exact) mass is 370 g/mol. The van der Waals surface area contributed by atoms with E-state index >= 15 is 4.39 Å². The summed E-state index contributed by atoms with van der Waals surface area (Å²) in [4.78, 5) is 4.08. The molecular weight excluding hydrogens is 358 g/mol. The number of halogens is 3. The van der Waals surface area contributed by atoms with Crippen LogP contribution in [0.5, 0.6) is 0 Å². The van der Waals surface area contributed by atoms with Crippen molar-refractivity contribution in [1.82, 2.24) is 14.6 Å². The third kappa shape index (κ3) is 2.62. The number of hydrogen-bond acceptors (Lipinski definition) is 5. The Kier molecular flexibility index (Phi) is 4.07. The van der Waals surface area contributed by atoms with E-state index in [9.17, 15) is 0 Å². The molecule has 0 radical (unpaired) electrons. The second-order valence-corrected chi connectivity index (χ2v) is 6.14. The van der Waals surface area contributed by atoms with Gasteiger partial charge in [0.1, 0.15) is 16.4 Å². The van der Waals surface area contributed by atoms with Crippen molar-refractivity contribution in [1.29, 1.82) is 0 Å². The van der Waals surface area contributed by atoms with Crippen LogP contribution in [-0.4, -0.2) is 21.2 Å². The number of nitrogens with one attached hydrogen (secondary N) is 1. The highest BCUT2D eigenvalue weighted by molar-refractivity contribution is 6.31. The zero-order chi connectivity index (χ0) is 16.7. The fraction of sp³-hybridized carbons (Fsp3) is 0.333. The fourth-order valence-corrected chi connectivity index (χ4v) is 3.35. The minimum Gasteiger partial charge on any atom is -0.467 e. The molecule has 4 heterocycles.